The molecule has 1 spiro atoms. The number of hydrogen-bond donors (Lipinski definition) is 2. The Morgan fingerprint density at radius 1 is 1.50 bits per heavy atom. The largest absolute Gasteiger partial charge is 0.461 e. The average Bonchev–Trinajstić information content (AvgIpc) is 2.59. The topological polar surface area (TPSA) is 66.8 Å². The van der Waals surface area contributed by atoms with Gasteiger partial charge in [0, 0.05) is 10.8 Å². The first-order chi connectivity index (χ1) is 7.49. The predicted octanol–water partition coefficient (Wildman–Crippen LogP) is 0.460. The molecule has 0 aromatic rings. The van der Waals surface area contributed by atoms with Crippen molar-refractivity contribution in [2.45, 2.75) is 51.4 Å². The predicted molar refractivity (Wildman–Crippen MR) is 55.4 cm³/mol. The number of esters is 1. The molecule has 90 valence electrons. The van der Waals surface area contributed by atoms with Crippen LogP contribution in [0.1, 0.15) is 33.1 Å². The number of aliphatic hydroxyl groups excluding tert-OH is 2. The fourth-order valence-electron chi connectivity index (χ4n) is 4.21. The van der Waals surface area contributed by atoms with E-state index >= 15 is 0 Å². The van der Waals surface area contributed by atoms with Crippen LogP contribution in [0.15, 0.2) is 0 Å². The van der Waals surface area contributed by atoms with Crippen molar-refractivity contribution in [2.75, 3.05) is 0 Å². The fraction of sp³-hybridized carbons (Fsp3) is 0.917. The summed E-state index contributed by atoms with van der Waals surface area (Å²) in [6.07, 6.45) is 0.550. The molecule has 1 aliphatic heterocycles. The van der Waals surface area contributed by atoms with Crippen molar-refractivity contribution in [1.82, 2.24) is 0 Å². The highest BCUT2D eigenvalue weighted by molar-refractivity contribution is 5.80. The van der Waals surface area contributed by atoms with Crippen LogP contribution in [-0.2, 0) is 9.53 Å². The van der Waals surface area contributed by atoms with E-state index in [-0.39, 0.29) is 22.9 Å². The molecule has 6 atom stereocenters. The second kappa shape index (κ2) is 2.79. The molecule has 6 unspecified atom stereocenters. The van der Waals surface area contributed by atoms with Gasteiger partial charge in [-0.25, -0.2) is 0 Å². The van der Waals surface area contributed by atoms with Crippen LogP contribution in [0.3, 0.4) is 0 Å². The van der Waals surface area contributed by atoms with Crippen LogP contribution in [0.25, 0.3) is 0 Å². The Hall–Kier alpha value is -0.610. The Balaban J connectivity index is 2.00. The Kier molecular flexibility index (Phi) is 1.84. The van der Waals surface area contributed by atoms with Crippen LogP contribution >= 0.6 is 0 Å². The summed E-state index contributed by atoms with van der Waals surface area (Å²) in [7, 11) is 0. The summed E-state index contributed by atoms with van der Waals surface area (Å²) in [6.45, 7) is 4.22. The lowest BCUT2D eigenvalue weighted by Crippen LogP contribution is -2.47. The van der Waals surface area contributed by atoms with Crippen molar-refractivity contribution in [3.8, 4) is 0 Å². The Morgan fingerprint density at radius 3 is 2.81 bits per heavy atom. The van der Waals surface area contributed by atoms with Gasteiger partial charge in [-0.05, 0) is 19.3 Å². The molecular formula is C12H18O4. The van der Waals surface area contributed by atoms with Gasteiger partial charge in [-0.2, -0.15) is 0 Å². The van der Waals surface area contributed by atoms with E-state index in [1.54, 1.807) is 0 Å². The van der Waals surface area contributed by atoms with Crippen LogP contribution < -0.4 is 0 Å². The zero-order valence-electron chi connectivity index (χ0n) is 9.64. The first-order valence-corrected chi connectivity index (χ1v) is 6.05. The minimum Gasteiger partial charge on any atom is -0.461 e. The summed E-state index contributed by atoms with van der Waals surface area (Å²) in [6, 6.07) is 0. The van der Waals surface area contributed by atoms with Gasteiger partial charge in [-0.1, -0.05) is 13.8 Å². The van der Waals surface area contributed by atoms with Crippen molar-refractivity contribution in [1.29, 1.82) is 0 Å². The van der Waals surface area contributed by atoms with Crippen LogP contribution in [0.4, 0.5) is 0 Å². The molecule has 2 N–H and O–H groups in total. The van der Waals surface area contributed by atoms with E-state index < -0.39 is 18.1 Å². The van der Waals surface area contributed by atoms with Crippen LogP contribution in [0.2, 0.25) is 0 Å². The third kappa shape index (κ3) is 0.843. The van der Waals surface area contributed by atoms with Crippen molar-refractivity contribution in [3.05, 3.63) is 0 Å². The van der Waals surface area contributed by atoms with Gasteiger partial charge in [0.05, 0.1) is 18.1 Å². The lowest BCUT2D eigenvalue weighted by molar-refractivity contribution is -0.158. The van der Waals surface area contributed by atoms with Gasteiger partial charge in [0.25, 0.3) is 0 Å². The summed E-state index contributed by atoms with van der Waals surface area (Å²) in [4.78, 5) is 11.7. The van der Waals surface area contributed by atoms with E-state index in [1.807, 2.05) is 0 Å². The average molecular weight is 226 g/mol. The molecule has 0 radical (unpaired) electrons. The fourth-order valence-corrected chi connectivity index (χ4v) is 4.21. The molecule has 0 amide bonds. The molecule has 0 aromatic heterocycles. The molecule has 2 saturated carbocycles. The standard InChI is InChI=1S/C12H18O4/c1-3-11(2)10-12(11)5-4-6(13)8(14)7(12)9(15)16-10/h6-8,10,13-14H,3-5H2,1-2H3. The monoisotopic (exact) mass is 226 g/mol. The highest BCUT2D eigenvalue weighted by Crippen LogP contribution is 2.78. The first-order valence-electron chi connectivity index (χ1n) is 6.05. The van der Waals surface area contributed by atoms with Gasteiger partial charge < -0.3 is 14.9 Å². The van der Waals surface area contributed by atoms with Crippen molar-refractivity contribution < 1.29 is 19.7 Å². The number of carbonyl (C=O) groups is 1. The van der Waals surface area contributed by atoms with E-state index in [1.165, 1.54) is 0 Å². The van der Waals surface area contributed by atoms with Gasteiger partial charge in [-0.15, -0.1) is 0 Å². The second-order valence-electron chi connectivity index (χ2n) is 5.70. The van der Waals surface area contributed by atoms with E-state index in [2.05, 4.69) is 13.8 Å². The minimum atomic E-state index is -0.945. The quantitative estimate of drug-likeness (QED) is 0.637. The molecule has 3 rings (SSSR count). The summed E-state index contributed by atoms with van der Waals surface area (Å²) in [5.41, 5.74) is -0.190. The summed E-state index contributed by atoms with van der Waals surface area (Å²) >= 11 is 0. The van der Waals surface area contributed by atoms with E-state index in [9.17, 15) is 15.0 Å². The summed E-state index contributed by atoms with van der Waals surface area (Å²) < 4.78 is 5.39. The van der Waals surface area contributed by atoms with Crippen molar-refractivity contribution in [3.63, 3.8) is 0 Å². The molecule has 3 aliphatic rings. The molecule has 0 aromatic carbocycles. The summed E-state index contributed by atoms with van der Waals surface area (Å²) in [5.74, 6) is -0.826. The van der Waals surface area contributed by atoms with Crippen LogP contribution in [-0.4, -0.2) is 34.5 Å². The van der Waals surface area contributed by atoms with Gasteiger partial charge >= 0.3 is 5.97 Å². The van der Waals surface area contributed by atoms with Crippen molar-refractivity contribution >= 4 is 5.97 Å². The number of carbonyl (C=O) groups excluding carboxylic acids is 1. The number of ether oxygens (including phenoxy) is 1. The van der Waals surface area contributed by atoms with E-state index in [4.69, 9.17) is 4.74 Å². The Labute approximate surface area is 94.6 Å². The molecule has 4 heteroatoms. The van der Waals surface area contributed by atoms with Gasteiger partial charge in [0.15, 0.2) is 0 Å². The number of rotatable bonds is 1. The molecule has 1 heterocycles. The molecule has 4 nitrogen and oxygen atoms in total. The van der Waals surface area contributed by atoms with E-state index in [0.29, 0.717) is 6.42 Å². The second-order valence-corrected chi connectivity index (χ2v) is 5.70. The third-order valence-corrected chi connectivity index (χ3v) is 5.39. The maximum absolute atomic E-state index is 11.7. The zero-order chi connectivity index (χ0) is 11.7. The highest BCUT2D eigenvalue weighted by atomic mass is 16.6. The smallest absolute Gasteiger partial charge is 0.312 e. The molecule has 16 heavy (non-hydrogen) atoms. The highest BCUT2D eigenvalue weighted by Gasteiger charge is 2.85. The molecule has 3 fully saturated rings. The minimum absolute atomic E-state index is 0.00664. The van der Waals surface area contributed by atoms with Gasteiger partial charge in [0.1, 0.15) is 6.10 Å². The molecular weight excluding hydrogens is 208 g/mol. The lowest BCUT2D eigenvalue weighted by atomic mass is 9.69. The molecule has 2 aliphatic carbocycles. The van der Waals surface area contributed by atoms with Crippen molar-refractivity contribution in [2.24, 2.45) is 16.7 Å². The summed E-state index contributed by atoms with van der Waals surface area (Å²) in [5, 5.41) is 19.6. The number of hydrogen-bond acceptors (Lipinski definition) is 4. The number of aliphatic hydroxyl groups is 2. The Bertz CT molecular complexity index is 355. The first kappa shape index (κ1) is 10.5. The van der Waals surface area contributed by atoms with Crippen LogP contribution in [0, 0.1) is 16.7 Å². The molecule has 1 saturated heterocycles. The SMILES string of the molecule is CCC1(C)C2OC(=O)C3C(O)C(O)CCC321. The maximum Gasteiger partial charge on any atom is 0.312 e. The normalized spacial score (nSPS) is 58.9. The molecule has 0 bridgehead atoms. The third-order valence-electron chi connectivity index (χ3n) is 5.39. The Morgan fingerprint density at radius 2 is 2.19 bits per heavy atom. The van der Waals surface area contributed by atoms with Crippen LogP contribution in [0.5, 0.6) is 0 Å². The zero-order valence-corrected chi connectivity index (χ0v) is 9.64. The van der Waals surface area contributed by atoms with Gasteiger partial charge in [-0.3, -0.25) is 4.79 Å². The van der Waals surface area contributed by atoms with Gasteiger partial charge in [0.2, 0.25) is 0 Å². The lowest BCUT2D eigenvalue weighted by Gasteiger charge is -2.37. The maximum atomic E-state index is 11.7. The van der Waals surface area contributed by atoms with E-state index in [0.717, 1.165) is 12.8 Å².